The number of thioether (sulfide) groups is 1. The van der Waals surface area contributed by atoms with E-state index in [0.717, 1.165) is 48.5 Å². The van der Waals surface area contributed by atoms with Gasteiger partial charge in [0.2, 0.25) is 0 Å². The van der Waals surface area contributed by atoms with Crippen LogP contribution in [0, 0.1) is 0 Å². The molecule has 2 rings (SSSR count). The molecule has 2 heterocycles. The molecule has 260 valence electrons. The predicted octanol–water partition coefficient (Wildman–Crippen LogP) is 0.359. The van der Waals surface area contributed by atoms with Crippen molar-refractivity contribution in [1.29, 1.82) is 0 Å². The van der Waals surface area contributed by atoms with Gasteiger partial charge in [-0.1, -0.05) is 6.92 Å². The second-order valence-electron chi connectivity index (χ2n) is 10.1. The first-order chi connectivity index (χ1) is 21.5. The van der Waals surface area contributed by atoms with Crippen LogP contribution in [0.3, 0.4) is 0 Å². The lowest BCUT2D eigenvalue weighted by Crippen LogP contribution is -2.64. The minimum absolute atomic E-state index is 0.473. The second-order valence-corrected chi connectivity index (χ2v) is 11.5. The van der Waals surface area contributed by atoms with Gasteiger partial charge in [0, 0.05) is 48.5 Å². The van der Waals surface area contributed by atoms with Crippen molar-refractivity contribution in [3.63, 3.8) is 0 Å². The van der Waals surface area contributed by atoms with Gasteiger partial charge < -0.3 is 47.4 Å². The molecule has 0 N–H and O–H groups in total. The van der Waals surface area contributed by atoms with Gasteiger partial charge in [0.25, 0.3) is 0 Å². The molecular weight excluding hydrogens is 640 g/mol. The molecule has 10 atom stereocenters. The van der Waals surface area contributed by atoms with Crippen LogP contribution in [0.15, 0.2) is 0 Å². The summed E-state index contributed by atoms with van der Waals surface area (Å²) < 4.78 is 55.7. The van der Waals surface area contributed by atoms with Crippen LogP contribution in [0.4, 0.5) is 0 Å². The number of rotatable bonds is 13. The lowest BCUT2D eigenvalue weighted by Gasteiger charge is -2.46. The van der Waals surface area contributed by atoms with Gasteiger partial charge >= 0.3 is 41.8 Å². The van der Waals surface area contributed by atoms with E-state index in [-0.39, 0.29) is 0 Å². The Hall–Kier alpha value is -3.48. The summed E-state index contributed by atoms with van der Waals surface area (Å²) in [6.07, 6.45) is -12.4. The standard InChI is InChI=1S/C28H40O17S/c1-9-46-28-26(43-18(8)35)24(41-16(6)33)22(39-14(4)31)20(45-28)11-37-27-25(42-17(7)34)23(40-15(5)32)21(38-13(3)30)19(44-27)10-36-12(2)29/h19-28H,9-11H2,1-8H3/t19-,20-,21+,22-,23+,24+,25-,26-,27-,28-/m1/s1. The summed E-state index contributed by atoms with van der Waals surface area (Å²) in [4.78, 5) is 84.1. The Morgan fingerprint density at radius 3 is 1.33 bits per heavy atom. The molecule has 17 nitrogen and oxygen atoms in total. The van der Waals surface area contributed by atoms with E-state index in [9.17, 15) is 33.6 Å². The highest BCUT2D eigenvalue weighted by Crippen LogP contribution is 2.35. The Labute approximate surface area is 269 Å². The van der Waals surface area contributed by atoms with Crippen LogP contribution in [0.25, 0.3) is 0 Å². The highest BCUT2D eigenvalue weighted by atomic mass is 32.2. The minimum Gasteiger partial charge on any atom is -0.463 e. The van der Waals surface area contributed by atoms with Crippen LogP contribution in [0.2, 0.25) is 0 Å². The van der Waals surface area contributed by atoms with Crippen LogP contribution in [0.5, 0.6) is 0 Å². The average molecular weight is 681 g/mol. The Bertz CT molecular complexity index is 1130. The number of esters is 7. The third kappa shape index (κ3) is 11.7. The molecule has 0 aromatic heterocycles. The molecule has 46 heavy (non-hydrogen) atoms. The zero-order valence-corrected chi connectivity index (χ0v) is 27.6. The quantitative estimate of drug-likeness (QED) is 0.190. The van der Waals surface area contributed by atoms with Crippen LogP contribution in [-0.4, -0.2) is 121 Å². The second kappa shape index (κ2) is 18.0. The van der Waals surface area contributed by atoms with Crippen LogP contribution in [0.1, 0.15) is 55.4 Å². The summed E-state index contributed by atoms with van der Waals surface area (Å²) in [6, 6.07) is 0. The Morgan fingerprint density at radius 2 is 0.891 bits per heavy atom. The zero-order chi connectivity index (χ0) is 34.7. The predicted molar refractivity (Wildman–Crippen MR) is 151 cm³/mol. The molecule has 0 amide bonds. The fourth-order valence-electron chi connectivity index (χ4n) is 4.80. The SMILES string of the molecule is CCS[C@H]1O[C@H](CO[C@@H]2O[C@H](COC(C)=O)[C@H](OC(C)=O)[C@H](OC(C)=O)[C@H]2OC(C)=O)[C@@H](OC(C)=O)[C@H](OC(C)=O)[C@H]1OC(C)=O. The summed E-state index contributed by atoms with van der Waals surface area (Å²) in [7, 11) is 0. The maximum atomic E-state index is 12.2. The summed E-state index contributed by atoms with van der Waals surface area (Å²) in [6.45, 7) is 8.57. The zero-order valence-electron chi connectivity index (χ0n) is 26.7. The Morgan fingerprint density at radius 1 is 0.500 bits per heavy atom. The molecule has 2 aliphatic rings. The van der Waals surface area contributed by atoms with E-state index in [2.05, 4.69) is 0 Å². The van der Waals surface area contributed by atoms with E-state index in [0.29, 0.717) is 5.75 Å². The molecule has 0 spiro atoms. The van der Waals surface area contributed by atoms with Gasteiger partial charge in [-0.3, -0.25) is 33.6 Å². The third-order valence-corrected chi connectivity index (χ3v) is 7.24. The molecule has 0 saturated carbocycles. The van der Waals surface area contributed by atoms with Crippen LogP contribution < -0.4 is 0 Å². The number of carbonyl (C=O) groups is 7. The topological polar surface area (TPSA) is 212 Å². The lowest BCUT2D eigenvalue weighted by atomic mass is 9.97. The maximum absolute atomic E-state index is 12.2. The van der Waals surface area contributed by atoms with E-state index >= 15 is 0 Å². The van der Waals surface area contributed by atoms with Crippen molar-refractivity contribution in [2.75, 3.05) is 19.0 Å². The molecule has 0 aliphatic carbocycles. The Kier molecular flexibility index (Phi) is 15.2. The summed E-state index contributed by atoms with van der Waals surface area (Å²) in [5.41, 5.74) is -0.922. The van der Waals surface area contributed by atoms with E-state index in [4.69, 9.17) is 47.4 Å². The van der Waals surface area contributed by atoms with E-state index in [1.165, 1.54) is 11.8 Å². The van der Waals surface area contributed by atoms with Gasteiger partial charge in [-0.15, -0.1) is 11.8 Å². The van der Waals surface area contributed by atoms with Crippen molar-refractivity contribution in [3.8, 4) is 0 Å². The molecule has 2 aliphatic heterocycles. The van der Waals surface area contributed by atoms with Crippen LogP contribution in [-0.2, 0) is 80.9 Å². The fraction of sp³-hybridized carbons (Fsp3) is 0.750. The molecule has 0 aromatic carbocycles. The average Bonchev–Trinajstić information content (AvgIpc) is 2.91. The van der Waals surface area contributed by atoms with Crippen molar-refractivity contribution in [1.82, 2.24) is 0 Å². The monoisotopic (exact) mass is 680 g/mol. The number of ether oxygens (including phenoxy) is 10. The van der Waals surface area contributed by atoms with Crippen LogP contribution >= 0.6 is 11.8 Å². The number of hydrogen-bond acceptors (Lipinski definition) is 18. The molecule has 18 heteroatoms. The minimum atomic E-state index is -1.57. The molecule has 0 unspecified atom stereocenters. The lowest BCUT2D eigenvalue weighted by molar-refractivity contribution is -0.317. The number of carbonyl (C=O) groups excluding carboxylic acids is 7. The van der Waals surface area contributed by atoms with E-state index < -0.39 is 116 Å². The third-order valence-electron chi connectivity index (χ3n) is 6.20. The summed E-state index contributed by atoms with van der Waals surface area (Å²) in [5.74, 6) is -4.97. The van der Waals surface area contributed by atoms with Crippen molar-refractivity contribution in [2.24, 2.45) is 0 Å². The molecule has 0 bridgehead atoms. The first kappa shape index (κ1) is 38.7. The maximum Gasteiger partial charge on any atom is 0.303 e. The molecular formula is C28H40O17S. The fourth-order valence-corrected chi connectivity index (χ4v) is 5.75. The van der Waals surface area contributed by atoms with E-state index in [1.54, 1.807) is 6.92 Å². The first-order valence-corrected chi connectivity index (χ1v) is 15.3. The van der Waals surface area contributed by atoms with E-state index in [1.807, 2.05) is 0 Å². The largest absolute Gasteiger partial charge is 0.463 e. The highest BCUT2D eigenvalue weighted by Gasteiger charge is 2.55. The van der Waals surface area contributed by atoms with Crippen molar-refractivity contribution >= 4 is 53.5 Å². The highest BCUT2D eigenvalue weighted by molar-refractivity contribution is 7.99. The van der Waals surface area contributed by atoms with Crippen molar-refractivity contribution in [2.45, 2.75) is 116 Å². The van der Waals surface area contributed by atoms with Crippen molar-refractivity contribution in [3.05, 3.63) is 0 Å². The molecule has 2 saturated heterocycles. The summed E-state index contributed by atoms with van der Waals surface area (Å²) >= 11 is 1.21. The van der Waals surface area contributed by atoms with Crippen molar-refractivity contribution < 1.29 is 80.9 Å². The van der Waals surface area contributed by atoms with Gasteiger partial charge in [-0.05, 0) is 5.75 Å². The van der Waals surface area contributed by atoms with Gasteiger partial charge in [-0.2, -0.15) is 0 Å². The molecule has 0 radical (unpaired) electrons. The summed E-state index contributed by atoms with van der Waals surface area (Å²) in [5, 5.41) is 0. The van der Waals surface area contributed by atoms with Gasteiger partial charge in [0.05, 0.1) is 6.61 Å². The van der Waals surface area contributed by atoms with Gasteiger partial charge in [0.15, 0.2) is 42.9 Å². The smallest absolute Gasteiger partial charge is 0.303 e. The van der Waals surface area contributed by atoms with Gasteiger partial charge in [0.1, 0.15) is 24.3 Å². The molecule has 2 fully saturated rings. The molecule has 0 aromatic rings. The number of hydrogen-bond donors (Lipinski definition) is 0. The van der Waals surface area contributed by atoms with Gasteiger partial charge in [-0.25, -0.2) is 0 Å². The first-order valence-electron chi connectivity index (χ1n) is 14.2. The normalized spacial score (nSPS) is 30.6. The Balaban J connectivity index is 2.53.